The Labute approximate surface area is 193 Å². The number of hydrogen-bond donors (Lipinski definition) is 1. The lowest BCUT2D eigenvalue weighted by molar-refractivity contribution is -0.384. The summed E-state index contributed by atoms with van der Waals surface area (Å²) in [6, 6.07) is 8.97. The highest BCUT2D eigenvalue weighted by atomic mass is 32.2. The lowest BCUT2D eigenvalue weighted by Gasteiger charge is -2.24. The van der Waals surface area contributed by atoms with Crippen molar-refractivity contribution >= 4 is 27.3 Å². The maximum absolute atomic E-state index is 12.5. The molecule has 0 heterocycles. The summed E-state index contributed by atoms with van der Waals surface area (Å²) < 4.78 is 36.4. The monoisotopic (exact) mass is 479 g/mol. The zero-order chi connectivity index (χ0) is 24.8. The van der Waals surface area contributed by atoms with E-state index in [-0.39, 0.29) is 42.7 Å². The van der Waals surface area contributed by atoms with Gasteiger partial charge in [0.05, 0.1) is 37.1 Å². The number of ether oxygens (including phenoxy) is 2. The molecule has 33 heavy (non-hydrogen) atoms. The van der Waals surface area contributed by atoms with Crippen LogP contribution in [0.1, 0.15) is 36.9 Å². The smallest absolute Gasteiger partial charge is 0.271 e. The number of nitro groups is 1. The molecule has 1 atom stereocenters. The van der Waals surface area contributed by atoms with Crippen molar-refractivity contribution in [2.45, 2.75) is 32.7 Å². The van der Waals surface area contributed by atoms with E-state index in [1.54, 1.807) is 32.2 Å². The maximum Gasteiger partial charge on any atom is 0.271 e. The molecule has 0 saturated carbocycles. The maximum atomic E-state index is 12.5. The fourth-order valence-corrected chi connectivity index (χ4v) is 4.41. The predicted octanol–water partition coefficient (Wildman–Crippen LogP) is 3.34. The number of nitrogens with one attached hydrogen (secondary N) is 1. The van der Waals surface area contributed by atoms with E-state index in [1.165, 1.54) is 25.3 Å². The number of non-ortho nitro benzene ring substituents is 1. The number of benzene rings is 2. The molecular formula is C22H29N3O7S. The van der Waals surface area contributed by atoms with Gasteiger partial charge in [0.15, 0.2) is 0 Å². The SMILES string of the molecule is COc1ccc(OC)c([C@H](C)NC(=O)CCCN(c2cc([N+](=O)[O-])ccc2C)S(C)(=O)=O)c1. The molecule has 0 bridgehead atoms. The number of hydrogen-bond acceptors (Lipinski definition) is 7. The molecule has 0 fully saturated rings. The highest BCUT2D eigenvalue weighted by Gasteiger charge is 2.22. The van der Waals surface area contributed by atoms with Crippen molar-refractivity contribution in [3.63, 3.8) is 0 Å². The van der Waals surface area contributed by atoms with Crippen LogP contribution < -0.4 is 19.1 Å². The van der Waals surface area contributed by atoms with Crippen LogP contribution in [0.2, 0.25) is 0 Å². The van der Waals surface area contributed by atoms with Gasteiger partial charge in [0, 0.05) is 30.7 Å². The van der Waals surface area contributed by atoms with Crippen molar-refractivity contribution in [3.05, 3.63) is 57.6 Å². The molecule has 0 spiro atoms. The molecule has 180 valence electrons. The Morgan fingerprint density at radius 1 is 1.18 bits per heavy atom. The van der Waals surface area contributed by atoms with Crippen LogP contribution in [0.5, 0.6) is 11.5 Å². The molecule has 1 N–H and O–H groups in total. The van der Waals surface area contributed by atoms with Crippen molar-refractivity contribution in [3.8, 4) is 11.5 Å². The normalized spacial score (nSPS) is 12.0. The molecule has 0 radical (unpaired) electrons. The van der Waals surface area contributed by atoms with E-state index in [0.29, 0.717) is 17.1 Å². The fourth-order valence-electron chi connectivity index (χ4n) is 3.40. The summed E-state index contributed by atoms with van der Waals surface area (Å²) in [5.41, 5.74) is 1.34. The Balaban J connectivity index is 2.09. The molecule has 11 heteroatoms. The zero-order valence-electron chi connectivity index (χ0n) is 19.3. The van der Waals surface area contributed by atoms with Gasteiger partial charge >= 0.3 is 0 Å². The molecule has 2 aromatic rings. The topological polar surface area (TPSA) is 128 Å². The van der Waals surface area contributed by atoms with Crippen LogP contribution in [0.4, 0.5) is 11.4 Å². The zero-order valence-corrected chi connectivity index (χ0v) is 20.1. The number of aryl methyl sites for hydroxylation is 1. The van der Waals surface area contributed by atoms with Crippen LogP contribution in [0.25, 0.3) is 0 Å². The molecule has 0 aliphatic carbocycles. The first kappa shape index (κ1) is 25.9. The van der Waals surface area contributed by atoms with Gasteiger partial charge < -0.3 is 14.8 Å². The minimum Gasteiger partial charge on any atom is -0.497 e. The molecule has 1 amide bonds. The van der Waals surface area contributed by atoms with Gasteiger partial charge in [0.1, 0.15) is 11.5 Å². The van der Waals surface area contributed by atoms with E-state index >= 15 is 0 Å². The number of methoxy groups -OCH3 is 2. The molecular weight excluding hydrogens is 450 g/mol. The molecule has 10 nitrogen and oxygen atoms in total. The van der Waals surface area contributed by atoms with E-state index in [9.17, 15) is 23.3 Å². The van der Waals surface area contributed by atoms with Crippen LogP contribution in [-0.2, 0) is 14.8 Å². The summed E-state index contributed by atoms with van der Waals surface area (Å²) in [5, 5.41) is 14.0. The molecule has 0 saturated heterocycles. The second kappa shape index (κ2) is 11.0. The van der Waals surface area contributed by atoms with Gasteiger partial charge in [-0.2, -0.15) is 0 Å². The highest BCUT2D eigenvalue weighted by Crippen LogP contribution is 2.30. The van der Waals surface area contributed by atoms with Gasteiger partial charge in [0.2, 0.25) is 15.9 Å². The van der Waals surface area contributed by atoms with Crippen molar-refractivity contribution in [1.29, 1.82) is 0 Å². The third-order valence-corrected chi connectivity index (χ3v) is 6.30. The number of rotatable bonds is 11. The summed E-state index contributed by atoms with van der Waals surface area (Å²) in [6.45, 7) is 3.49. The third kappa shape index (κ3) is 6.82. The van der Waals surface area contributed by atoms with E-state index in [2.05, 4.69) is 5.32 Å². The third-order valence-electron chi connectivity index (χ3n) is 5.12. The predicted molar refractivity (Wildman–Crippen MR) is 125 cm³/mol. The van der Waals surface area contributed by atoms with Crippen LogP contribution >= 0.6 is 0 Å². The van der Waals surface area contributed by atoms with Gasteiger partial charge in [-0.3, -0.25) is 19.2 Å². The number of sulfonamides is 1. The quantitative estimate of drug-likeness (QED) is 0.387. The number of nitro benzene ring substituents is 1. The van der Waals surface area contributed by atoms with E-state index < -0.39 is 14.9 Å². The van der Waals surface area contributed by atoms with Gasteiger partial charge in [-0.05, 0) is 44.0 Å². The van der Waals surface area contributed by atoms with Crippen LogP contribution in [-0.4, -0.2) is 46.3 Å². The van der Waals surface area contributed by atoms with Gasteiger partial charge in [-0.25, -0.2) is 8.42 Å². The standard InChI is InChI=1S/C22H29N3O7S/c1-15-8-9-17(25(27)28)13-20(15)24(33(5,29)30)12-6-7-22(26)23-16(2)19-14-18(31-3)10-11-21(19)32-4/h8-11,13-14,16H,6-7,12H2,1-5H3,(H,23,26)/t16-/m0/s1. The molecule has 0 aliphatic heterocycles. The Kier molecular flexibility index (Phi) is 8.63. The first-order valence-electron chi connectivity index (χ1n) is 10.2. The highest BCUT2D eigenvalue weighted by molar-refractivity contribution is 7.92. The molecule has 2 aromatic carbocycles. The van der Waals surface area contributed by atoms with E-state index in [1.807, 2.05) is 6.92 Å². The first-order valence-corrected chi connectivity index (χ1v) is 12.1. The molecule has 0 aromatic heterocycles. The number of carbonyl (C=O) groups is 1. The minimum absolute atomic E-state index is 0.00508. The second-order valence-electron chi connectivity index (χ2n) is 7.56. The minimum atomic E-state index is -3.72. The summed E-state index contributed by atoms with van der Waals surface area (Å²) in [4.78, 5) is 23.1. The summed E-state index contributed by atoms with van der Waals surface area (Å²) >= 11 is 0. The summed E-state index contributed by atoms with van der Waals surface area (Å²) in [5.74, 6) is 0.965. The first-order chi connectivity index (χ1) is 15.5. The van der Waals surface area contributed by atoms with Crippen molar-refractivity contribution in [2.24, 2.45) is 0 Å². The Hall–Kier alpha value is -3.34. The Morgan fingerprint density at radius 2 is 1.88 bits per heavy atom. The number of nitrogens with zero attached hydrogens (tertiary/aromatic N) is 2. The lowest BCUT2D eigenvalue weighted by atomic mass is 10.1. The lowest BCUT2D eigenvalue weighted by Crippen LogP contribution is -2.33. The average molecular weight is 480 g/mol. The number of amides is 1. The van der Waals surface area contributed by atoms with Crippen molar-refractivity contribution < 1.29 is 27.6 Å². The Morgan fingerprint density at radius 3 is 2.45 bits per heavy atom. The van der Waals surface area contributed by atoms with Crippen LogP contribution in [0, 0.1) is 17.0 Å². The van der Waals surface area contributed by atoms with Crippen molar-refractivity contribution in [2.75, 3.05) is 31.3 Å². The summed E-state index contributed by atoms with van der Waals surface area (Å²) in [7, 11) is -0.631. The van der Waals surface area contributed by atoms with Crippen LogP contribution in [0.15, 0.2) is 36.4 Å². The molecule has 2 rings (SSSR count). The number of carbonyl (C=O) groups excluding carboxylic acids is 1. The van der Waals surface area contributed by atoms with Crippen molar-refractivity contribution in [1.82, 2.24) is 5.32 Å². The second-order valence-corrected chi connectivity index (χ2v) is 9.47. The van der Waals surface area contributed by atoms with Gasteiger partial charge in [0.25, 0.3) is 5.69 Å². The van der Waals surface area contributed by atoms with Crippen LogP contribution in [0.3, 0.4) is 0 Å². The largest absolute Gasteiger partial charge is 0.497 e. The summed E-state index contributed by atoms with van der Waals surface area (Å²) in [6.07, 6.45) is 1.32. The fraction of sp³-hybridized carbons (Fsp3) is 0.409. The molecule has 0 aliphatic rings. The van der Waals surface area contributed by atoms with Gasteiger partial charge in [-0.1, -0.05) is 6.07 Å². The number of anilines is 1. The average Bonchev–Trinajstić information content (AvgIpc) is 2.75. The van der Waals surface area contributed by atoms with E-state index in [4.69, 9.17) is 9.47 Å². The Bertz CT molecular complexity index is 1120. The van der Waals surface area contributed by atoms with Gasteiger partial charge in [-0.15, -0.1) is 0 Å². The van der Waals surface area contributed by atoms with E-state index in [0.717, 1.165) is 16.1 Å². The molecule has 0 unspecified atom stereocenters.